The Balaban J connectivity index is 3.18. The summed E-state index contributed by atoms with van der Waals surface area (Å²) in [5.74, 6) is -1.97. The second kappa shape index (κ2) is 4.80. The van der Waals surface area contributed by atoms with Gasteiger partial charge in [-0.2, -0.15) is 0 Å². The summed E-state index contributed by atoms with van der Waals surface area (Å²) in [6, 6.07) is 2.94. The Bertz CT molecular complexity index is 538. The topological polar surface area (TPSA) is 80.7 Å². The predicted molar refractivity (Wildman–Crippen MR) is 56.5 cm³/mol. The van der Waals surface area contributed by atoms with Crippen molar-refractivity contribution in [3.8, 4) is 0 Å². The molecule has 1 atom stereocenters. The third-order valence-electron chi connectivity index (χ3n) is 2.10. The van der Waals surface area contributed by atoms with E-state index in [1.807, 2.05) is 0 Å². The number of rotatable bonds is 3. The van der Waals surface area contributed by atoms with Crippen LogP contribution >= 0.6 is 0 Å². The Morgan fingerprint density at radius 2 is 2.06 bits per heavy atom. The molecule has 0 aliphatic rings. The van der Waals surface area contributed by atoms with Crippen LogP contribution in [0, 0.1) is 5.82 Å². The van der Waals surface area contributed by atoms with Gasteiger partial charge < -0.3 is 9.84 Å². The van der Waals surface area contributed by atoms with E-state index in [2.05, 4.69) is 4.74 Å². The minimum atomic E-state index is -3.67. The van der Waals surface area contributed by atoms with Crippen molar-refractivity contribution in [2.24, 2.45) is 0 Å². The number of hydrogen-bond donors (Lipinski definition) is 1. The average molecular weight is 262 g/mol. The van der Waals surface area contributed by atoms with Crippen LogP contribution in [0.5, 0.6) is 0 Å². The first kappa shape index (κ1) is 13.6. The van der Waals surface area contributed by atoms with Crippen molar-refractivity contribution in [3.05, 3.63) is 29.6 Å². The molecule has 0 aromatic heterocycles. The van der Waals surface area contributed by atoms with Crippen molar-refractivity contribution in [3.63, 3.8) is 0 Å². The van der Waals surface area contributed by atoms with E-state index >= 15 is 0 Å². The van der Waals surface area contributed by atoms with Crippen molar-refractivity contribution >= 4 is 15.8 Å². The van der Waals surface area contributed by atoms with Crippen LogP contribution in [0.3, 0.4) is 0 Å². The molecular formula is C10H11FO5S. The van der Waals surface area contributed by atoms with Crippen LogP contribution in [0.25, 0.3) is 0 Å². The minimum Gasteiger partial charge on any atom is -0.467 e. The van der Waals surface area contributed by atoms with Crippen molar-refractivity contribution in [1.29, 1.82) is 0 Å². The van der Waals surface area contributed by atoms with Crippen molar-refractivity contribution in [1.82, 2.24) is 0 Å². The Kier molecular flexibility index (Phi) is 3.84. The van der Waals surface area contributed by atoms with Crippen LogP contribution in [0.15, 0.2) is 23.1 Å². The van der Waals surface area contributed by atoms with Crippen molar-refractivity contribution in [2.75, 3.05) is 13.4 Å². The maximum absolute atomic E-state index is 13.4. The zero-order valence-corrected chi connectivity index (χ0v) is 9.99. The van der Waals surface area contributed by atoms with Gasteiger partial charge in [0, 0.05) is 6.26 Å². The molecule has 0 fully saturated rings. The zero-order chi connectivity index (χ0) is 13.2. The number of esters is 1. The van der Waals surface area contributed by atoms with Gasteiger partial charge in [-0.05, 0) is 17.7 Å². The van der Waals surface area contributed by atoms with Crippen LogP contribution in [0.1, 0.15) is 11.7 Å². The van der Waals surface area contributed by atoms with Crippen LogP contribution in [0.2, 0.25) is 0 Å². The zero-order valence-electron chi connectivity index (χ0n) is 9.18. The maximum atomic E-state index is 13.4. The lowest BCUT2D eigenvalue weighted by molar-refractivity contribution is -0.150. The van der Waals surface area contributed by atoms with E-state index in [1.165, 1.54) is 0 Å². The Labute approximate surface area is 97.8 Å². The Morgan fingerprint density at radius 3 is 2.47 bits per heavy atom. The molecule has 5 nitrogen and oxygen atoms in total. The molecule has 17 heavy (non-hydrogen) atoms. The van der Waals surface area contributed by atoms with Crippen LogP contribution < -0.4 is 0 Å². The maximum Gasteiger partial charge on any atom is 0.339 e. The second-order valence-electron chi connectivity index (χ2n) is 3.39. The first-order chi connectivity index (χ1) is 7.77. The fraction of sp³-hybridized carbons (Fsp3) is 0.300. The number of aliphatic hydroxyl groups is 1. The van der Waals surface area contributed by atoms with Crippen molar-refractivity contribution < 1.29 is 27.4 Å². The highest BCUT2D eigenvalue weighted by Gasteiger charge is 2.21. The second-order valence-corrected chi connectivity index (χ2v) is 5.37. The van der Waals surface area contributed by atoms with Gasteiger partial charge in [-0.1, -0.05) is 6.07 Å². The highest BCUT2D eigenvalue weighted by Crippen LogP contribution is 2.20. The van der Waals surface area contributed by atoms with E-state index in [4.69, 9.17) is 0 Å². The molecule has 1 aromatic rings. The first-order valence-corrected chi connectivity index (χ1v) is 6.42. The highest BCUT2D eigenvalue weighted by molar-refractivity contribution is 7.90. The number of methoxy groups -OCH3 is 1. The minimum absolute atomic E-state index is 0.0678. The molecule has 1 rings (SSSR count). The molecule has 1 unspecified atom stereocenters. The number of sulfone groups is 1. The number of aliphatic hydroxyl groups excluding tert-OH is 1. The molecule has 0 heterocycles. The van der Waals surface area contributed by atoms with Gasteiger partial charge in [0.1, 0.15) is 10.7 Å². The SMILES string of the molecule is COC(=O)C(O)c1ccc(S(C)(=O)=O)c(F)c1. The lowest BCUT2D eigenvalue weighted by Crippen LogP contribution is -2.14. The largest absolute Gasteiger partial charge is 0.467 e. The molecule has 0 aliphatic heterocycles. The molecule has 0 spiro atoms. The fourth-order valence-corrected chi connectivity index (χ4v) is 1.96. The average Bonchev–Trinajstić information content (AvgIpc) is 2.25. The van der Waals surface area contributed by atoms with Gasteiger partial charge in [-0.25, -0.2) is 17.6 Å². The van der Waals surface area contributed by atoms with E-state index in [9.17, 15) is 22.7 Å². The molecule has 1 N–H and O–H groups in total. The summed E-state index contributed by atoms with van der Waals surface area (Å²) >= 11 is 0. The van der Waals surface area contributed by atoms with Gasteiger partial charge in [0.2, 0.25) is 0 Å². The number of carbonyl (C=O) groups is 1. The Morgan fingerprint density at radius 1 is 1.47 bits per heavy atom. The van der Waals surface area contributed by atoms with Gasteiger partial charge >= 0.3 is 5.97 Å². The van der Waals surface area contributed by atoms with Crippen molar-refractivity contribution in [2.45, 2.75) is 11.0 Å². The molecular weight excluding hydrogens is 251 g/mol. The number of ether oxygens (including phenoxy) is 1. The first-order valence-electron chi connectivity index (χ1n) is 4.52. The molecule has 0 saturated heterocycles. The number of halogens is 1. The van der Waals surface area contributed by atoms with Crippen LogP contribution in [-0.4, -0.2) is 32.9 Å². The number of benzene rings is 1. The molecule has 0 amide bonds. The smallest absolute Gasteiger partial charge is 0.339 e. The third kappa shape index (κ3) is 3.01. The van der Waals surface area contributed by atoms with E-state index in [-0.39, 0.29) is 5.56 Å². The number of hydrogen-bond acceptors (Lipinski definition) is 5. The summed E-state index contributed by atoms with van der Waals surface area (Å²) in [6.07, 6.45) is -0.773. The summed E-state index contributed by atoms with van der Waals surface area (Å²) < 4.78 is 40.0. The van der Waals surface area contributed by atoms with Crippen LogP contribution in [0.4, 0.5) is 4.39 Å². The van der Waals surface area contributed by atoms with E-state index in [0.717, 1.165) is 31.6 Å². The predicted octanol–water partition coefficient (Wildman–Crippen LogP) is 0.436. The lowest BCUT2D eigenvalue weighted by Gasteiger charge is -2.09. The van der Waals surface area contributed by atoms with Gasteiger partial charge in [0.25, 0.3) is 0 Å². The molecule has 0 bridgehead atoms. The summed E-state index contributed by atoms with van der Waals surface area (Å²) in [4.78, 5) is 10.5. The number of carbonyl (C=O) groups excluding carboxylic acids is 1. The van der Waals surface area contributed by atoms with Gasteiger partial charge in [-0.3, -0.25) is 0 Å². The summed E-state index contributed by atoms with van der Waals surface area (Å²) in [7, 11) is -2.60. The summed E-state index contributed by atoms with van der Waals surface area (Å²) in [6.45, 7) is 0. The standard InChI is InChI=1S/C10H11FO5S/c1-16-10(13)9(12)6-3-4-8(7(11)5-6)17(2,14)15/h3-5,9,12H,1-2H3. The fourth-order valence-electron chi connectivity index (χ4n) is 1.24. The van der Waals surface area contributed by atoms with E-state index < -0.39 is 32.6 Å². The van der Waals surface area contributed by atoms with Gasteiger partial charge in [0.15, 0.2) is 15.9 Å². The molecule has 94 valence electrons. The van der Waals surface area contributed by atoms with Crippen LogP contribution in [-0.2, 0) is 19.4 Å². The molecule has 0 radical (unpaired) electrons. The molecule has 0 aliphatic carbocycles. The normalized spacial score (nSPS) is 13.2. The third-order valence-corrected chi connectivity index (χ3v) is 3.23. The molecule has 0 saturated carbocycles. The molecule has 7 heteroatoms. The highest BCUT2D eigenvalue weighted by atomic mass is 32.2. The molecule has 1 aromatic carbocycles. The summed E-state index contributed by atoms with van der Waals surface area (Å²) in [5.41, 5.74) is -0.0678. The lowest BCUT2D eigenvalue weighted by atomic mass is 10.1. The van der Waals surface area contributed by atoms with Gasteiger partial charge in [0.05, 0.1) is 7.11 Å². The Hall–Kier alpha value is -1.47. The van der Waals surface area contributed by atoms with Gasteiger partial charge in [-0.15, -0.1) is 0 Å². The quantitative estimate of drug-likeness (QED) is 0.799. The summed E-state index contributed by atoms with van der Waals surface area (Å²) in [5, 5.41) is 9.42. The van der Waals surface area contributed by atoms with E-state index in [1.54, 1.807) is 0 Å². The monoisotopic (exact) mass is 262 g/mol. The van der Waals surface area contributed by atoms with E-state index in [0.29, 0.717) is 0 Å².